The quantitative estimate of drug-likeness (QED) is 0.548. The molecule has 1 saturated heterocycles. The molecule has 2 aliphatic carbocycles. The predicted molar refractivity (Wildman–Crippen MR) is 134 cm³/mol. The van der Waals surface area contributed by atoms with Crippen LogP contribution >= 0.6 is 0 Å². The van der Waals surface area contributed by atoms with E-state index in [-0.39, 0.29) is 47.8 Å². The van der Waals surface area contributed by atoms with Gasteiger partial charge in [0.15, 0.2) is 0 Å². The molecule has 1 amide bonds. The van der Waals surface area contributed by atoms with Crippen molar-refractivity contribution in [3.05, 3.63) is 60.2 Å². The van der Waals surface area contributed by atoms with Gasteiger partial charge in [-0.2, -0.15) is 0 Å². The highest BCUT2D eigenvalue weighted by atomic mass is 19.1. The number of cyclic esters (lactones) is 1. The summed E-state index contributed by atoms with van der Waals surface area (Å²) in [5.41, 5.74) is 2.48. The lowest BCUT2D eigenvalue weighted by Crippen LogP contribution is -2.48. The second-order valence-corrected chi connectivity index (χ2v) is 10.3. The highest BCUT2D eigenvalue weighted by Gasteiger charge is 2.54. The van der Waals surface area contributed by atoms with E-state index < -0.39 is 0 Å². The zero-order valence-corrected chi connectivity index (χ0v) is 20.7. The van der Waals surface area contributed by atoms with Crippen molar-refractivity contribution in [1.29, 1.82) is 0 Å². The highest BCUT2D eigenvalue weighted by Crippen LogP contribution is 2.53. The number of carbonyl (C=O) groups is 2. The van der Waals surface area contributed by atoms with E-state index in [1.807, 2.05) is 31.2 Å². The Bertz CT molecular complexity index is 1130. The second-order valence-electron chi connectivity index (χ2n) is 10.3. The molecule has 36 heavy (non-hydrogen) atoms. The number of ether oxygens (including phenoxy) is 2. The molecule has 0 unspecified atom stereocenters. The number of esters is 1. The zero-order chi connectivity index (χ0) is 25.2. The number of carbonyl (C=O) groups excluding carboxylic acids is 2. The molecule has 2 heterocycles. The minimum Gasteiger partial charge on any atom is -0.462 e. The van der Waals surface area contributed by atoms with Gasteiger partial charge in [0.05, 0.1) is 18.2 Å². The van der Waals surface area contributed by atoms with Gasteiger partial charge in [0.25, 0.3) is 0 Å². The Morgan fingerprint density at radius 3 is 2.83 bits per heavy atom. The van der Waals surface area contributed by atoms with Gasteiger partial charge in [-0.15, -0.1) is 0 Å². The molecule has 0 radical (unpaired) electrons. The Labute approximate surface area is 211 Å². The number of pyridine rings is 1. The molecule has 7 heteroatoms. The van der Waals surface area contributed by atoms with Crippen molar-refractivity contribution in [3.63, 3.8) is 0 Å². The van der Waals surface area contributed by atoms with Crippen LogP contribution in [-0.2, 0) is 14.3 Å². The van der Waals surface area contributed by atoms with Gasteiger partial charge in [-0.25, -0.2) is 9.18 Å². The number of hydrogen-bond donors (Lipinski definition) is 1. The molecule has 6 nitrogen and oxygen atoms in total. The summed E-state index contributed by atoms with van der Waals surface area (Å²) in [6.45, 7) is 4.15. The molecule has 0 bridgehead atoms. The fourth-order valence-corrected chi connectivity index (χ4v) is 6.64. The number of aromatic nitrogens is 1. The van der Waals surface area contributed by atoms with Crippen molar-refractivity contribution in [1.82, 2.24) is 10.3 Å². The SMILES string of the molecule is CCOC(=O)N[C@H]1CC[C@@H]2[C@@H](C1)C[C@H]1C(=O)O[C@H](C)[C@@H]1[C@H]2C=Cc1ccc(-c2cccc(F)c2)cn1. The maximum absolute atomic E-state index is 13.6. The first-order valence-electron chi connectivity index (χ1n) is 13.0. The number of fused-ring (bicyclic) bond motifs is 2. The molecule has 7 atom stereocenters. The summed E-state index contributed by atoms with van der Waals surface area (Å²) in [6.07, 6.45) is 9.07. The number of alkyl carbamates (subject to hydrolysis) is 1. The lowest BCUT2D eigenvalue weighted by atomic mass is 9.57. The lowest BCUT2D eigenvalue weighted by molar-refractivity contribution is -0.144. The Morgan fingerprint density at radius 2 is 2.08 bits per heavy atom. The Balaban J connectivity index is 1.34. The van der Waals surface area contributed by atoms with Crippen LogP contribution in [0.1, 0.15) is 45.2 Å². The fraction of sp³-hybridized carbons (Fsp3) is 0.483. The predicted octanol–water partition coefficient (Wildman–Crippen LogP) is 5.63. The summed E-state index contributed by atoms with van der Waals surface area (Å²) >= 11 is 0. The van der Waals surface area contributed by atoms with Gasteiger partial charge in [-0.1, -0.05) is 24.3 Å². The van der Waals surface area contributed by atoms with Crippen LogP contribution in [0.3, 0.4) is 0 Å². The maximum Gasteiger partial charge on any atom is 0.407 e. The molecular weight excluding hydrogens is 459 g/mol. The summed E-state index contributed by atoms with van der Waals surface area (Å²) in [7, 11) is 0. The molecule has 0 spiro atoms. The molecule has 1 N–H and O–H groups in total. The van der Waals surface area contributed by atoms with Crippen LogP contribution < -0.4 is 5.32 Å². The zero-order valence-electron chi connectivity index (χ0n) is 20.7. The van der Waals surface area contributed by atoms with E-state index in [4.69, 9.17) is 9.47 Å². The first kappa shape index (κ1) is 24.5. The number of amides is 1. The average molecular weight is 493 g/mol. The standard InChI is InChI=1S/C29H33FN2O4/c1-3-35-29(34)32-23-10-11-24-20(14-23)15-26-27(17(2)36-28(26)33)25(24)12-9-22-8-7-19(16-31-22)18-5-4-6-21(30)13-18/h4-9,12-13,16-17,20,23-27H,3,10-11,14-15H2,1-2H3,(H,32,34)/t17-,20+,23+,24-,25+,26-,27-/m1/s1. The number of halogens is 1. The van der Waals surface area contributed by atoms with Crippen molar-refractivity contribution in [2.45, 2.75) is 51.7 Å². The molecule has 1 aromatic heterocycles. The van der Waals surface area contributed by atoms with Crippen molar-refractivity contribution in [3.8, 4) is 11.1 Å². The second kappa shape index (κ2) is 10.4. The molecule has 1 aromatic carbocycles. The van der Waals surface area contributed by atoms with Crippen LogP contribution in [0.4, 0.5) is 9.18 Å². The van der Waals surface area contributed by atoms with Gasteiger partial charge in [0, 0.05) is 23.7 Å². The van der Waals surface area contributed by atoms with Gasteiger partial charge in [0.2, 0.25) is 0 Å². The van der Waals surface area contributed by atoms with E-state index >= 15 is 0 Å². The van der Waals surface area contributed by atoms with Gasteiger partial charge in [0.1, 0.15) is 11.9 Å². The van der Waals surface area contributed by atoms with E-state index in [9.17, 15) is 14.0 Å². The molecule has 1 aliphatic heterocycles. The first-order valence-corrected chi connectivity index (χ1v) is 13.0. The minimum atomic E-state index is -0.368. The monoisotopic (exact) mass is 492 g/mol. The van der Waals surface area contributed by atoms with E-state index in [2.05, 4.69) is 16.4 Å². The Kier molecular flexibility index (Phi) is 7.08. The van der Waals surface area contributed by atoms with Crippen molar-refractivity contribution in [2.24, 2.45) is 29.6 Å². The van der Waals surface area contributed by atoms with Crippen LogP contribution in [0.15, 0.2) is 48.7 Å². The summed E-state index contributed by atoms with van der Waals surface area (Å²) in [6, 6.07) is 10.4. The van der Waals surface area contributed by atoms with Gasteiger partial charge in [-0.05, 0) is 87.1 Å². The van der Waals surface area contributed by atoms with Crippen molar-refractivity contribution >= 4 is 18.1 Å². The van der Waals surface area contributed by atoms with Crippen LogP contribution in [0.5, 0.6) is 0 Å². The number of rotatable bonds is 5. The topological polar surface area (TPSA) is 77.5 Å². The third-order valence-corrected chi connectivity index (χ3v) is 8.18. The van der Waals surface area contributed by atoms with Gasteiger partial charge in [-0.3, -0.25) is 9.78 Å². The van der Waals surface area contributed by atoms with E-state index in [0.717, 1.165) is 42.5 Å². The molecule has 2 saturated carbocycles. The molecule has 3 aliphatic rings. The molecule has 3 fully saturated rings. The number of nitrogens with one attached hydrogen (secondary N) is 1. The van der Waals surface area contributed by atoms with E-state index in [0.29, 0.717) is 18.4 Å². The normalized spacial score (nSPS) is 31.4. The summed E-state index contributed by atoms with van der Waals surface area (Å²) in [5, 5.41) is 3.00. The van der Waals surface area contributed by atoms with Crippen LogP contribution in [0.2, 0.25) is 0 Å². The third-order valence-electron chi connectivity index (χ3n) is 8.18. The lowest BCUT2D eigenvalue weighted by Gasteiger charge is -2.47. The Morgan fingerprint density at radius 1 is 1.22 bits per heavy atom. The number of allylic oxidation sites excluding steroid dienone is 1. The summed E-state index contributed by atoms with van der Waals surface area (Å²) in [4.78, 5) is 29.2. The first-order chi connectivity index (χ1) is 17.4. The van der Waals surface area contributed by atoms with Crippen LogP contribution in [0, 0.1) is 35.4 Å². The van der Waals surface area contributed by atoms with E-state index in [1.54, 1.807) is 19.2 Å². The van der Waals surface area contributed by atoms with Gasteiger partial charge >= 0.3 is 12.1 Å². The fourth-order valence-electron chi connectivity index (χ4n) is 6.64. The van der Waals surface area contributed by atoms with Gasteiger partial charge < -0.3 is 14.8 Å². The molecular formula is C29H33FN2O4. The average Bonchev–Trinajstić information content (AvgIpc) is 3.15. The molecule has 5 rings (SSSR count). The number of hydrogen-bond acceptors (Lipinski definition) is 5. The van der Waals surface area contributed by atoms with E-state index in [1.165, 1.54) is 12.1 Å². The Hall–Kier alpha value is -3.22. The van der Waals surface area contributed by atoms with Crippen LogP contribution in [0.25, 0.3) is 17.2 Å². The van der Waals surface area contributed by atoms with Crippen molar-refractivity contribution < 1.29 is 23.5 Å². The largest absolute Gasteiger partial charge is 0.462 e. The molecule has 190 valence electrons. The number of benzene rings is 1. The number of nitrogens with zero attached hydrogens (tertiary/aromatic N) is 1. The highest BCUT2D eigenvalue weighted by molar-refractivity contribution is 5.75. The summed E-state index contributed by atoms with van der Waals surface area (Å²) in [5.74, 6) is 0.629. The molecule has 2 aromatic rings. The smallest absolute Gasteiger partial charge is 0.407 e. The van der Waals surface area contributed by atoms with Crippen LogP contribution in [-0.4, -0.2) is 35.8 Å². The van der Waals surface area contributed by atoms with Crippen molar-refractivity contribution in [2.75, 3.05) is 6.61 Å². The minimum absolute atomic E-state index is 0.0679. The maximum atomic E-state index is 13.6. The third kappa shape index (κ3) is 5.01. The summed E-state index contributed by atoms with van der Waals surface area (Å²) < 4.78 is 24.3.